The van der Waals surface area contributed by atoms with E-state index in [9.17, 15) is 4.79 Å². The maximum atomic E-state index is 12.3. The summed E-state index contributed by atoms with van der Waals surface area (Å²) in [6.45, 7) is 0.314. The Balaban J connectivity index is 1.98. The number of nitrogens with two attached hydrogens (primary N) is 1. The molecule has 2 heterocycles. The SMILES string of the molecule is NNc1cnc(Cn2cnc3ccccc3c2=O)cn1. The van der Waals surface area contributed by atoms with Gasteiger partial charge in [0.15, 0.2) is 5.82 Å². The fourth-order valence-electron chi connectivity index (χ4n) is 1.90. The first kappa shape index (κ1) is 12.2. The number of para-hydroxylation sites is 1. The van der Waals surface area contributed by atoms with Gasteiger partial charge >= 0.3 is 0 Å². The molecule has 0 aliphatic rings. The van der Waals surface area contributed by atoms with E-state index in [0.717, 1.165) is 0 Å². The highest BCUT2D eigenvalue weighted by Gasteiger charge is 2.05. The summed E-state index contributed by atoms with van der Waals surface area (Å²) in [4.78, 5) is 24.8. The van der Waals surface area contributed by atoms with E-state index in [0.29, 0.717) is 29.0 Å². The minimum atomic E-state index is -0.0987. The van der Waals surface area contributed by atoms with Crippen LogP contribution < -0.4 is 16.8 Å². The highest BCUT2D eigenvalue weighted by molar-refractivity contribution is 5.76. The lowest BCUT2D eigenvalue weighted by atomic mass is 10.2. The summed E-state index contributed by atoms with van der Waals surface area (Å²) in [5.41, 5.74) is 3.64. The Morgan fingerprint density at radius 1 is 1.15 bits per heavy atom. The Labute approximate surface area is 114 Å². The molecule has 7 nitrogen and oxygen atoms in total. The number of nitrogens with zero attached hydrogens (tertiary/aromatic N) is 4. The van der Waals surface area contributed by atoms with E-state index in [4.69, 9.17) is 5.84 Å². The standard InChI is InChI=1S/C13H12N6O/c14-18-12-6-15-9(5-16-12)7-19-8-17-11-4-2-1-3-10(11)13(19)20/h1-6,8H,7,14H2,(H,16,18). The summed E-state index contributed by atoms with van der Waals surface area (Å²) in [5.74, 6) is 5.69. The number of nitrogens with one attached hydrogen (secondary N) is 1. The van der Waals surface area contributed by atoms with Gasteiger partial charge in [0.05, 0.1) is 41.9 Å². The molecule has 0 atom stereocenters. The number of benzene rings is 1. The highest BCUT2D eigenvalue weighted by atomic mass is 16.1. The molecule has 3 N–H and O–H groups in total. The number of rotatable bonds is 3. The van der Waals surface area contributed by atoms with Gasteiger partial charge in [0, 0.05) is 0 Å². The van der Waals surface area contributed by atoms with Gasteiger partial charge in [-0.15, -0.1) is 0 Å². The maximum absolute atomic E-state index is 12.3. The molecule has 0 amide bonds. The van der Waals surface area contributed by atoms with Crippen molar-refractivity contribution in [2.45, 2.75) is 6.54 Å². The zero-order chi connectivity index (χ0) is 13.9. The molecule has 0 aliphatic carbocycles. The van der Waals surface area contributed by atoms with E-state index >= 15 is 0 Å². The number of aromatic nitrogens is 4. The third kappa shape index (κ3) is 2.21. The van der Waals surface area contributed by atoms with Crippen LogP contribution in [0.15, 0.2) is 47.8 Å². The summed E-state index contributed by atoms with van der Waals surface area (Å²) in [6.07, 6.45) is 4.59. The third-order valence-electron chi connectivity index (χ3n) is 2.92. The van der Waals surface area contributed by atoms with Gasteiger partial charge in [-0.2, -0.15) is 0 Å². The van der Waals surface area contributed by atoms with Crippen LogP contribution in [-0.4, -0.2) is 19.5 Å². The Morgan fingerprint density at radius 3 is 2.75 bits per heavy atom. The topological polar surface area (TPSA) is 98.7 Å². The van der Waals surface area contributed by atoms with Crippen LogP contribution >= 0.6 is 0 Å². The van der Waals surface area contributed by atoms with Gasteiger partial charge in [0.25, 0.3) is 5.56 Å². The number of hydrazine groups is 1. The maximum Gasteiger partial charge on any atom is 0.261 e. The fourth-order valence-corrected chi connectivity index (χ4v) is 1.90. The Morgan fingerprint density at radius 2 is 2.00 bits per heavy atom. The predicted molar refractivity (Wildman–Crippen MR) is 74.9 cm³/mol. The van der Waals surface area contributed by atoms with E-state index in [1.54, 1.807) is 12.3 Å². The minimum absolute atomic E-state index is 0.0987. The van der Waals surface area contributed by atoms with Crippen molar-refractivity contribution < 1.29 is 0 Å². The number of fused-ring (bicyclic) bond motifs is 1. The molecular formula is C13H12N6O. The second-order valence-electron chi connectivity index (χ2n) is 4.23. The highest BCUT2D eigenvalue weighted by Crippen LogP contribution is 2.06. The Kier molecular flexibility index (Phi) is 3.10. The van der Waals surface area contributed by atoms with E-state index in [1.807, 2.05) is 18.2 Å². The van der Waals surface area contributed by atoms with Crippen LogP contribution in [0.1, 0.15) is 5.69 Å². The molecule has 100 valence electrons. The molecule has 0 bridgehead atoms. The molecule has 3 rings (SSSR count). The van der Waals surface area contributed by atoms with Crippen LogP contribution in [0.5, 0.6) is 0 Å². The van der Waals surface area contributed by atoms with Gasteiger partial charge in [-0.05, 0) is 12.1 Å². The first-order valence-electron chi connectivity index (χ1n) is 5.99. The van der Waals surface area contributed by atoms with Crippen LogP contribution in [0.25, 0.3) is 10.9 Å². The molecule has 3 aromatic rings. The summed E-state index contributed by atoms with van der Waals surface area (Å²) in [5, 5.41) is 0.586. The lowest BCUT2D eigenvalue weighted by Crippen LogP contribution is -2.21. The number of nitrogen functional groups attached to an aromatic ring is 1. The Bertz CT molecular complexity index is 796. The average molecular weight is 268 g/mol. The molecule has 0 radical (unpaired) electrons. The van der Waals surface area contributed by atoms with Crippen molar-refractivity contribution >= 4 is 16.7 Å². The molecule has 0 aliphatic heterocycles. The molecule has 20 heavy (non-hydrogen) atoms. The average Bonchev–Trinajstić information content (AvgIpc) is 2.51. The van der Waals surface area contributed by atoms with Crippen molar-refractivity contribution in [1.29, 1.82) is 0 Å². The first-order chi connectivity index (χ1) is 9.78. The van der Waals surface area contributed by atoms with Gasteiger partial charge < -0.3 is 5.43 Å². The normalized spacial score (nSPS) is 10.7. The monoisotopic (exact) mass is 268 g/mol. The second kappa shape index (κ2) is 5.06. The molecule has 0 unspecified atom stereocenters. The quantitative estimate of drug-likeness (QED) is 0.531. The van der Waals surface area contributed by atoms with Gasteiger partial charge in [0.1, 0.15) is 0 Å². The van der Waals surface area contributed by atoms with Crippen LogP contribution in [-0.2, 0) is 6.54 Å². The molecule has 0 spiro atoms. The van der Waals surface area contributed by atoms with E-state index < -0.39 is 0 Å². The van der Waals surface area contributed by atoms with E-state index in [2.05, 4.69) is 20.4 Å². The summed E-state index contributed by atoms with van der Waals surface area (Å²) in [7, 11) is 0. The van der Waals surface area contributed by atoms with E-state index in [1.165, 1.54) is 17.1 Å². The lowest BCUT2D eigenvalue weighted by Gasteiger charge is -2.06. The van der Waals surface area contributed by atoms with Crippen LogP contribution in [0.2, 0.25) is 0 Å². The predicted octanol–water partition coefficient (Wildman–Crippen LogP) is 0.520. The summed E-state index contributed by atoms with van der Waals surface area (Å²) in [6, 6.07) is 7.23. The number of anilines is 1. The van der Waals surface area contributed by atoms with Crippen LogP contribution in [0.4, 0.5) is 5.82 Å². The molecule has 2 aromatic heterocycles. The smallest absolute Gasteiger partial charge is 0.261 e. The third-order valence-corrected chi connectivity index (χ3v) is 2.92. The van der Waals surface area contributed by atoms with Gasteiger partial charge in [-0.25, -0.2) is 15.8 Å². The van der Waals surface area contributed by atoms with Gasteiger partial charge in [-0.1, -0.05) is 12.1 Å². The fraction of sp³-hybridized carbons (Fsp3) is 0.0769. The Hall–Kier alpha value is -2.80. The molecule has 0 fully saturated rings. The largest absolute Gasteiger partial charge is 0.307 e. The first-order valence-corrected chi connectivity index (χ1v) is 5.99. The zero-order valence-electron chi connectivity index (χ0n) is 10.5. The lowest BCUT2D eigenvalue weighted by molar-refractivity contribution is 0.726. The number of hydrogen-bond donors (Lipinski definition) is 2. The zero-order valence-corrected chi connectivity index (χ0v) is 10.5. The molecule has 0 saturated carbocycles. The van der Waals surface area contributed by atoms with Crippen molar-refractivity contribution in [1.82, 2.24) is 19.5 Å². The molecule has 7 heteroatoms. The van der Waals surface area contributed by atoms with Crippen LogP contribution in [0, 0.1) is 0 Å². The summed E-state index contributed by atoms with van der Waals surface area (Å²) < 4.78 is 1.50. The molecular weight excluding hydrogens is 256 g/mol. The second-order valence-corrected chi connectivity index (χ2v) is 4.23. The van der Waals surface area contributed by atoms with E-state index in [-0.39, 0.29) is 5.56 Å². The van der Waals surface area contributed by atoms with Crippen LogP contribution in [0.3, 0.4) is 0 Å². The van der Waals surface area contributed by atoms with Crippen molar-refractivity contribution in [3.8, 4) is 0 Å². The van der Waals surface area contributed by atoms with Crippen molar-refractivity contribution in [3.05, 3.63) is 59.0 Å². The minimum Gasteiger partial charge on any atom is -0.307 e. The van der Waals surface area contributed by atoms with Gasteiger partial charge in [0.2, 0.25) is 0 Å². The molecule has 1 aromatic carbocycles. The molecule has 0 saturated heterocycles. The van der Waals surface area contributed by atoms with Crippen molar-refractivity contribution in [2.75, 3.05) is 5.43 Å². The summed E-state index contributed by atoms with van der Waals surface area (Å²) >= 11 is 0. The number of hydrogen-bond acceptors (Lipinski definition) is 6. The van der Waals surface area contributed by atoms with Crippen molar-refractivity contribution in [3.63, 3.8) is 0 Å². The van der Waals surface area contributed by atoms with Crippen molar-refractivity contribution in [2.24, 2.45) is 5.84 Å². The van der Waals surface area contributed by atoms with Gasteiger partial charge in [-0.3, -0.25) is 14.3 Å².